The molecule has 3 aromatic rings. The molecule has 1 fully saturated rings. The Balaban J connectivity index is 1.32. The number of pyridine rings is 1. The van der Waals surface area contributed by atoms with Crippen LogP contribution >= 0.6 is 0 Å². The summed E-state index contributed by atoms with van der Waals surface area (Å²) in [6.07, 6.45) is -3.23. The number of alkyl halides is 3. The van der Waals surface area contributed by atoms with Crippen LogP contribution in [0.1, 0.15) is 35.4 Å². The molecule has 0 radical (unpaired) electrons. The molecule has 2 amide bonds. The van der Waals surface area contributed by atoms with Crippen LogP contribution in [-0.2, 0) is 20.7 Å². The number of morpholine rings is 1. The van der Waals surface area contributed by atoms with Crippen molar-refractivity contribution in [3.8, 4) is 0 Å². The van der Waals surface area contributed by atoms with Crippen molar-refractivity contribution in [1.29, 1.82) is 0 Å². The Kier molecular flexibility index (Phi) is 11.2. The van der Waals surface area contributed by atoms with E-state index in [2.05, 4.69) is 15.6 Å². The van der Waals surface area contributed by atoms with Crippen LogP contribution in [0.3, 0.4) is 0 Å². The number of aromatic nitrogens is 1. The summed E-state index contributed by atoms with van der Waals surface area (Å²) in [5.74, 6) is -2.72. The van der Waals surface area contributed by atoms with E-state index in [4.69, 9.17) is 9.47 Å². The molecule has 8 nitrogen and oxygen atoms in total. The third-order valence-corrected chi connectivity index (χ3v) is 6.92. The maximum Gasteiger partial charge on any atom is 0.407 e. The van der Waals surface area contributed by atoms with Crippen molar-refractivity contribution < 1.29 is 45.4 Å². The first-order chi connectivity index (χ1) is 21.0. The smallest absolute Gasteiger partial charge is 0.407 e. The zero-order chi connectivity index (χ0) is 31.7. The van der Waals surface area contributed by atoms with E-state index < -0.39 is 54.1 Å². The maximum absolute atomic E-state index is 14.9. The summed E-state index contributed by atoms with van der Waals surface area (Å²) in [5.41, 5.74) is 1.49. The third kappa shape index (κ3) is 9.95. The minimum atomic E-state index is -4.55. The van der Waals surface area contributed by atoms with Crippen LogP contribution in [0.2, 0.25) is 0 Å². The van der Waals surface area contributed by atoms with Crippen molar-refractivity contribution in [1.82, 2.24) is 15.6 Å². The number of ether oxygens (including phenoxy) is 2. The lowest BCUT2D eigenvalue weighted by Gasteiger charge is -2.30. The Morgan fingerprint density at radius 2 is 1.82 bits per heavy atom. The van der Waals surface area contributed by atoms with E-state index in [0.717, 1.165) is 6.20 Å². The standard InChI is InChI=1S/C30H30F6N4O4/c31-20-6-4-18(5-7-20)25(19-10-21(32)13-37-12-19)11-28(41)40-27-3-1-2-26(33)24(27)9-8-23-14-38-22(15-43-23)16-44-29(42)39-17-30(34,35)36/h1-7,10,12-13,22-23,25,38H,8-9,11,14-17H2,(H,39,42)(H,40,41)/t22-,23+,25+/m0/s1. The molecule has 3 atom stereocenters. The van der Waals surface area contributed by atoms with Crippen molar-refractivity contribution in [3.63, 3.8) is 0 Å². The SMILES string of the molecule is O=C(C[C@H](c1ccc(F)cc1)c1cncc(F)c1)Nc1cccc(F)c1CC[C@@H]1CN[C@H](COC(=O)NCC(F)(F)F)CO1. The number of rotatable bonds is 11. The summed E-state index contributed by atoms with van der Waals surface area (Å²) in [4.78, 5) is 28.5. The molecule has 14 heteroatoms. The highest BCUT2D eigenvalue weighted by atomic mass is 19.4. The molecule has 1 aromatic heterocycles. The number of nitrogens with zero attached hydrogens (tertiary/aromatic N) is 1. The van der Waals surface area contributed by atoms with Gasteiger partial charge in [0.25, 0.3) is 0 Å². The Morgan fingerprint density at radius 1 is 1.05 bits per heavy atom. The molecule has 1 aliphatic heterocycles. The molecule has 44 heavy (non-hydrogen) atoms. The summed E-state index contributed by atoms with van der Waals surface area (Å²) in [7, 11) is 0. The second-order valence-electron chi connectivity index (χ2n) is 10.2. The monoisotopic (exact) mass is 624 g/mol. The average Bonchev–Trinajstić information content (AvgIpc) is 2.98. The second-order valence-corrected chi connectivity index (χ2v) is 10.2. The molecule has 0 unspecified atom stereocenters. The van der Waals surface area contributed by atoms with Crippen molar-refractivity contribution >= 4 is 17.7 Å². The van der Waals surface area contributed by atoms with Crippen LogP contribution in [0, 0.1) is 17.5 Å². The van der Waals surface area contributed by atoms with Crippen LogP contribution in [0.5, 0.6) is 0 Å². The molecule has 1 aliphatic rings. The molecule has 1 saturated heterocycles. The van der Waals surface area contributed by atoms with Gasteiger partial charge in [-0.1, -0.05) is 18.2 Å². The largest absolute Gasteiger partial charge is 0.448 e. The summed E-state index contributed by atoms with van der Waals surface area (Å²) in [5, 5.41) is 7.44. The highest BCUT2D eigenvalue weighted by molar-refractivity contribution is 5.92. The van der Waals surface area contributed by atoms with E-state index in [1.165, 1.54) is 48.7 Å². The molecule has 2 aromatic carbocycles. The summed E-state index contributed by atoms with van der Waals surface area (Å²) >= 11 is 0. The van der Waals surface area contributed by atoms with E-state index in [9.17, 15) is 35.9 Å². The van der Waals surface area contributed by atoms with Crippen molar-refractivity contribution in [3.05, 3.63) is 95.1 Å². The van der Waals surface area contributed by atoms with Crippen LogP contribution in [0.4, 0.5) is 36.8 Å². The molecule has 3 N–H and O–H groups in total. The van der Waals surface area contributed by atoms with Gasteiger partial charge in [-0.15, -0.1) is 0 Å². The van der Waals surface area contributed by atoms with E-state index in [-0.39, 0.29) is 43.4 Å². The Labute approximate surface area is 249 Å². The molecule has 4 rings (SSSR count). The first-order valence-electron chi connectivity index (χ1n) is 13.7. The van der Waals surface area contributed by atoms with Gasteiger partial charge in [-0.2, -0.15) is 13.2 Å². The van der Waals surface area contributed by atoms with Gasteiger partial charge in [-0.25, -0.2) is 18.0 Å². The maximum atomic E-state index is 14.9. The molecule has 0 bridgehead atoms. The lowest BCUT2D eigenvalue weighted by molar-refractivity contribution is -0.124. The van der Waals surface area contributed by atoms with Gasteiger partial charge in [0.15, 0.2) is 0 Å². The number of carbonyl (C=O) groups is 2. The number of alkyl carbamates (subject to hydrolysis) is 1. The van der Waals surface area contributed by atoms with Crippen molar-refractivity contribution in [2.24, 2.45) is 0 Å². The van der Waals surface area contributed by atoms with Gasteiger partial charge in [0.1, 0.15) is 30.6 Å². The summed E-state index contributed by atoms with van der Waals surface area (Å²) in [6, 6.07) is 10.6. The summed E-state index contributed by atoms with van der Waals surface area (Å²) in [6.45, 7) is -1.28. The molecule has 236 valence electrons. The molecule has 2 heterocycles. The molecule has 0 spiro atoms. The molecular weight excluding hydrogens is 594 g/mol. The number of anilines is 1. The fourth-order valence-electron chi connectivity index (χ4n) is 4.72. The van der Waals surface area contributed by atoms with E-state index in [0.29, 0.717) is 24.1 Å². The average molecular weight is 625 g/mol. The van der Waals surface area contributed by atoms with Crippen LogP contribution in [0.25, 0.3) is 0 Å². The first-order valence-corrected chi connectivity index (χ1v) is 13.7. The molecule has 0 saturated carbocycles. The van der Waals surface area contributed by atoms with Crippen molar-refractivity contribution in [2.75, 3.05) is 31.6 Å². The number of nitrogens with one attached hydrogen (secondary N) is 3. The molecular formula is C30H30F6N4O4. The number of benzene rings is 2. The Morgan fingerprint density at radius 3 is 2.50 bits per heavy atom. The lowest BCUT2D eigenvalue weighted by atomic mass is 9.89. The van der Waals surface area contributed by atoms with Gasteiger partial charge < -0.3 is 25.4 Å². The second kappa shape index (κ2) is 15.0. The predicted molar refractivity (Wildman–Crippen MR) is 147 cm³/mol. The van der Waals surface area contributed by atoms with Crippen LogP contribution < -0.4 is 16.0 Å². The number of amides is 2. The fourth-order valence-corrected chi connectivity index (χ4v) is 4.72. The Hall–Kier alpha value is -4.17. The Bertz CT molecular complexity index is 1420. The van der Waals surface area contributed by atoms with Crippen LogP contribution in [0.15, 0.2) is 60.9 Å². The first kappa shape index (κ1) is 32.7. The van der Waals surface area contributed by atoms with Gasteiger partial charge in [-0.05, 0) is 54.3 Å². The zero-order valence-corrected chi connectivity index (χ0v) is 23.3. The van der Waals surface area contributed by atoms with Crippen molar-refractivity contribution in [2.45, 2.75) is 43.5 Å². The highest BCUT2D eigenvalue weighted by Crippen LogP contribution is 2.30. The molecule has 0 aliphatic carbocycles. The van der Waals surface area contributed by atoms with Gasteiger partial charge in [-0.3, -0.25) is 9.78 Å². The minimum Gasteiger partial charge on any atom is -0.448 e. The van der Waals surface area contributed by atoms with Gasteiger partial charge in [0, 0.05) is 36.3 Å². The van der Waals surface area contributed by atoms with Gasteiger partial charge in [0.2, 0.25) is 5.91 Å². The summed E-state index contributed by atoms with van der Waals surface area (Å²) < 4.78 is 89.5. The van der Waals surface area contributed by atoms with Gasteiger partial charge >= 0.3 is 12.3 Å². The number of carbonyl (C=O) groups excluding carboxylic acids is 2. The number of hydrogen-bond donors (Lipinski definition) is 3. The topological polar surface area (TPSA) is 102 Å². The van der Waals surface area contributed by atoms with E-state index >= 15 is 0 Å². The third-order valence-electron chi connectivity index (χ3n) is 6.92. The number of halogens is 6. The quantitative estimate of drug-likeness (QED) is 0.253. The van der Waals surface area contributed by atoms with Gasteiger partial charge in [0.05, 0.1) is 24.9 Å². The fraction of sp³-hybridized carbons (Fsp3) is 0.367. The minimum absolute atomic E-state index is 0.109. The normalized spacial score (nSPS) is 17.5. The van der Waals surface area contributed by atoms with E-state index in [1.54, 1.807) is 11.4 Å². The predicted octanol–water partition coefficient (Wildman–Crippen LogP) is 5.24. The van der Waals surface area contributed by atoms with E-state index in [1.807, 2.05) is 0 Å². The number of hydrogen-bond acceptors (Lipinski definition) is 6. The highest BCUT2D eigenvalue weighted by Gasteiger charge is 2.29. The van der Waals surface area contributed by atoms with Crippen LogP contribution in [-0.4, -0.2) is 61.6 Å². The zero-order valence-electron chi connectivity index (χ0n) is 23.3. The lowest BCUT2D eigenvalue weighted by Crippen LogP contribution is -2.49.